The number of halogens is 2. The first-order valence-corrected chi connectivity index (χ1v) is 6.66. The van der Waals surface area contributed by atoms with Crippen LogP contribution in [-0.2, 0) is 5.92 Å². The van der Waals surface area contributed by atoms with E-state index in [9.17, 15) is 8.78 Å². The molecule has 0 radical (unpaired) electrons. The number of alkyl halides is 2. The standard InChI is InChI=1S/C15H23F2N/c1-13(2)8-6-7-11-18-12-15(16,17)14-9-4-3-5-10-14/h3-5,9-10,13,18H,6-8,11-12H2,1-2H3. The molecule has 3 heteroatoms. The van der Waals surface area contributed by atoms with Crippen molar-refractivity contribution >= 4 is 0 Å². The maximum Gasteiger partial charge on any atom is 0.285 e. The van der Waals surface area contributed by atoms with Crippen LogP contribution >= 0.6 is 0 Å². The van der Waals surface area contributed by atoms with Crippen molar-refractivity contribution in [3.05, 3.63) is 35.9 Å². The Balaban J connectivity index is 2.22. The van der Waals surface area contributed by atoms with Crippen LogP contribution in [0.3, 0.4) is 0 Å². The van der Waals surface area contributed by atoms with E-state index in [2.05, 4.69) is 19.2 Å². The summed E-state index contributed by atoms with van der Waals surface area (Å²) in [7, 11) is 0. The Morgan fingerprint density at radius 3 is 2.39 bits per heavy atom. The third kappa shape index (κ3) is 5.58. The summed E-state index contributed by atoms with van der Waals surface area (Å²) in [5.41, 5.74) is 0.0830. The lowest BCUT2D eigenvalue weighted by Gasteiger charge is -2.17. The van der Waals surface area contributed by atoms with Crippen molar-refractivity contribution in [2.45, 2.75) is 39.0 Å². The monoisotopic (exact) mass is 255 g/mol. The first-order valence-electron chi connectivity index (χ1n) is 6.66. The van der Waals surface area contributed by atoms with Gasteiger partial charge < -0.3 is 5.32 Å². The summed E-state index contributed by atoms with van der Waals surface area (Å²) in [6.45, 7) is 4.74. The van der Waals surface area contributed by atoms with Gasteiger partial charge in [0.05, 0.1) is 6.54 Å². The molecule has 1 N–H and O–H groups in total. The van der Waals surface area contributed by atoms with Crippen molar-refractivity contribution in [1.29, 1.82) is 0 Å². The number of benzene rings is 1. The van der Waals surface area contributed by atoms with Crippen LogP contribution in [0.25, 0.3) is 0 Å². The van der Waals surface area contributed by atoms with Crippen LogP contribution in [0, 0.1) is 5.92 Å². The average molecular weight is 255 g/mol. The second kappa shape index (κ2) is 7.47. The summed E-state index contributed by atoms with van der Waals surface area (Å²) in [4.78, 5) is 0. The molecule has 0 fully saturated rings. The van der Waals surface area contributed by atoms with E-state index < -0.39 is 5.92 Å². The second-order valence-electron chi connectivity index (χ2n) is 5.14. The Hall–Kier alpha value is -0.960. The number of nitrogens with one attached hydrogen (secondary N) is 1. The third-order valence-electron chi connectivity index (χ3n) is 2.93. The Bertz CT molecular complexity index is 323. The van der Waals surface area contributed by atoms with Crippen molar-refractivity contribution in [2.75, 3.05) is 13.1 Å². The van der Waals surface area contributed by atoms with Crippen molar-refractivity contribution < 1.29 is 8.78 Å². The van der Waals surface area contributed by atoms with Crippen LogP contribution in [-0.4, -0.2) is 13.1 Å². The van der Waals surface area contributed by atoms with E-state index in [4.69, 9.17) is 0 Å². The van der Waals surface area contributed by atoms with Gasteiger partial charge in [0.25, 0.3) is 5.92 Å². The van der Waals surface area contributed by atoms with Crippen LogP contribution < -0.4 is 5.32 Å². The number of unbranched alkanes of at least 4 members (excludes halogenated alkanes) is 1. The largest absolute Gasteiger partial charge is 0.311 e. The molecule has 0 bridgehead atoms. The summed E-state index contributed by atoms with van der Waals surface area (Å²) in [5, 5.41) is 2.85. The SMILES string of the molecule is CC(C)CCCCNCC(F)(F)c1ccccc1. The molecule has 18 heavy (non-hydrogen) atoms. The van der Waals surface area contributed by atoms with Crippen LogP contribution in [0.4, 0.5) is 8.78 Å². The van der Waals surface area contributed by atoms with Crippen molar-refractivity contribution in [1.82, 2.24) is 5.32 Å². The van der Waals surface area contributed by atoms with E-state index in [1.54, 1.807) is 18.2 Å². The fourth-order valence-corrected chi connectivity index (χ4v) is 1.83. The maximum atomic E-state index is 13.7. The van der Waals surface area contributed by atoms with Gasteiger partial charge in [-0.1, -0.05) is 57.0 Å². The first kappa shape index (κ1) is 15.1. The minimum Gasteiger partial charge on any atom is -0.311 e. The van der Waals surface area contributed by atoms with Gasteiger partial charge in [-0.2, -0.15) is 8.78 Å². The van der Waals surface area contributed by atoms with E-state index in [1.807, 2.05) is 0 Å². The average Bonchev–Trinajstić information content (AvgIpc) is 2.34. The summed E-state index contributed by atoms with van der Waals surface area (Å²) in [5.74, 6) is -2.09. The molecule has 1 aromatic rings. The van der Waals surface area contributed by atoms with Crippen molar-refractivity contribution in [3.8, 4) is 0 Å². The van der Waals surface area contributed by atoms with Gasteiger partial charge in [0, 0.05) is 5.56 Å². The molecule has 0 spiro atoms. The van der Waals surface area contributed by atoms with E-state index in [1.165, 1.54) is 12.1 Å². The smallest absolute Gasteiger partial charge is 0.285 e. The molecule has 102 valence electrons. The molecule has 0 aromatic heterocycles. The van der Waals surface area contributed by atoms with Gasteiger partial charge in [-0.15, -0.1) is 0 Å². The van der Waals surface area contributed by atoms with Gasteiger partial charge in [0.2, 0.25) is 0 Å². The zero-order valence-corrected chi connectivity index (χ0v) is 11.3. The normalized spacial score (nSPS) is 12.1. The Kier molecular flexibility index (Phi) is 6.27. The molecular weight excluding hydrogens is 232 g/mol. The molecule has 0 heterocycles. The van der Waals surface area contributed by atoms with Gasteiger partial charge in [-0.3, -0.25) is 0 Å². The molecular formula is C15H23F2N. The van der Waals surface area contributed by atoms with Crippen molar-refractivity contribution in [3.63, 3.8) is 0 Å². The molecule has 1 aromatic carbocycles. The molecule has 0 unspecified atom stereocenters. The van der Waals surface area contributed by atoms with Gasteiger partial charge in [0.15, 0.2) is 0 Å². The third-order valence-corrected chi connectivity index (χ3v) is 2.93. The number of hydrogen-bond donors (Lipinski definition) is 1. The second-order valence-corrected chi connectivity index (χ2v) is 5.14. The first-order chi connectivity index (χ1) is 8.52. The molecule has 0 aliphatic rings. The van der Waals surface area contributed by atoms with Crippen LogP contribution in [0.1, 0.15) is 38.7 Å². The fraction of sp³-hybridized carbons (Fsp3) is 0.600. The fourth-order valence-electron chi connectivity index (χ4n) is 1.83. The molecule has 0 aliphatic carbocycles. The highest BCUT2D eigenvalue weighted by Crippen LogP contribution is 2.26. The van der Waals surface area contributed by atoms with Crippen LogP contribution in [0.5, 0.6) is 0 Å². The van der Waals surface area contributed by atoms with E-state index >= 15 is 0 Å². The molecule has 1 nitrogen and oxygen atoms in total. The number of hydrogen-bond acceptors (Lipinski definition) is 1. The van der Waals surface area contributed by atoms with Gasteiger partial charge in [0.1, 0.15) is 0 Å². The Morgan fingerprint density at radius 1 is 1.11 bits per heavy atom. The van der Waals surface area contributed by atoms with E-state index in [0.717, 1.165) is 19.3 Å². The zero-order valence-electron chi connectivity index (χ0n) is 11.3. The molecule has 1 rings (SSSR count). The molecule has 0 amide bonds. The van der Waals surface area contributed by atoms with Crippen molar-refractivity contribution in [2.24, 2.45) is 5.92 Å². The molecule has 0 atom stereocenters. The van der Waals surface area contributed by atoms with Crippen LogP contribution in [0.15, 0.2) is 30.3 Å². The highest BCUT2D eigenvalue weighted by atomic mass is 19.3. The predicted octanol–water partition coefficient (Wildman–Crippen LogP) is 4.19. The lowest BCUT2D eigenvalue weighted by atomic mass is 10.1. The van der Waals surface area contributed by atoms with Gasteiger partial charge in [-0.25, -0.2) is 0 Å². The molecule has 0 aliphatic heterocycles. The highest BCUT2D eigenvalue weighted by molar-refractivity contribution is 5.20. The van der Waals surface area contributed by atoms with Gasteiger partial charge >= 0.3 is 0 Å². The minimum absolute atomic E-state index is 0.0830. The predicted molar refractivity (Wildman–Crippen MR) is 71.9 cm³/mol. The lowest BCUT2D eigenvalue weighted by Crippen LogP contribution is -2.31. The number of rotatable bonds is 8. The zero-order chi connectivity index (χ0) is 13.4. The van der Waals surface area contributed by atoms with Gasteiger partial charge in [-0.05, 0) is 18.9 Å². The molecule has 0 saturated carbocycles. The summed E-state index contributed by atoms with van der Waals surface area (Å²) < 4.78 is 27.5. The van der Waals surface area contributed by atoms with Crippen LogP contribution in [0.2, 0.25) is 0 Å². The van der Waals surface area contributed by atoms with E-state index in [0.29, 0.717) is 12.5 Å². The Morgan fingerprint density at radius 2 is 1.78 bits per heavy atom. The minimum atomic E-state index is -2.78. The molecule has 0 saturated heterocycles. The summed E-state index contributed by atoms with van der Waals surface area (Å²) >= 11 is 0. The van der Waals surface area contributed by atoms with E-state index in [-0.39, 0.29) is 12.1 Å². The topological polar surface area (TPSA) is 12.0 Å². The quantitative estimate of drug-likeness (QED) is 0.687. The Labute approximate surface area is 109 Å². The highest BCUT2D eigenvalue weighted by Gasteiger charge is 2.30. The summed E-state index contributed by atoms with van der Waals surface area (Å²) in [6.07, 6.45) is 3.22. The maximum absolute atomic E-state index is 13.7. The summed E-state index contributed by atoms with van der Waals surface area (Å²) in [6, 6.07) is 7.98. The lowest BCUT2D eigenvalue weighted by molar-refractivity contribution is -0.00302.